The minimum Gasteiger partial charge on any atom is -0.378 e. The van der Waals surface area contributed by atoms with Gasteiger partial charge in [-0.1, -0.05) is 43.5 Å². The Bertz CT molecular complexity index is 525. The second-order valence-electron chi connectivity index (χ2n) is 4.87. The number of fused-ring (bicyclic) bond motifs is 1. The molecule has 0 spiro atoms. The van der Waals surface area contributed by atoms with E-state index in [1.807, 2.05) is 30.3 Å². The van der Waals surface area contributed by atoms with Crippen molar-refractivity contribution in [2.75, 3.05) is 0 Å². The second-order valence-corrected chi connectivity index (χ2v) is 4.87. The Morgan fingerprint density at radius 1 is 1.32 bits per heavy atom. The molecule has 1 aliphatic carbocycles. The molecule has 3 rings (SSSR count). The van der Waals surface area contributed by atoms with Crippen molar-refractivity contribution in [1.82, 2.24) is 10.3 Å². The molecule has 97 valence electrons. The largest absolute Gasteiger partial charge is 0.378 e. The third-order valence-electron chi connectivity index (χ3n) is 3.51. The van der Waals surface area contributed by atoms with Crippen molar-refractivity contribution >= 4 is 16.8 Å². The monoisotopic (exact) mass is 330 g/mol. The van der Waals surface area contributed by atoms with Gasteiger partial charge < -0.3 is 16.7 Å². The third kappa shape index (κ3) is 3.46. The fourth-order valence-electron chi connectivity index (χ4n) is 2.52. The van der Waals surface area contributed by atoms with Crippen molar-refractivity contribution < 1.29 is 37.5 Å². The molecule has 1 aliphatic rings. The maximum atomic E-state index is 12.1. The van der Waals surface area contributed by atoms with E-state index in [-0.39, 0.29) is 44.7 Å². The zero-order valence-electron chi connectivity index (χ0n) is 10.9. The van der Waals surface area contributed by atoms with Gasteiger partial charge >= 0.3 is 0 Å². The molecular formula is C15H17N2OY-. The van der Waals surface area contributed by atoms with Crippen LogP contribution >= 0.6 is 0 Å². The first kappa shape index (κ1) is 14.7. The van der Waals surface area contributed by atoms with Gasteiger partial charge in [0.25, 0.3) is 5.91 Å². The molecule has 1 unspecified atom stereocenters. The van der Waals surface area contributed by atoms with Crippen LogP contribution in [0.1, 0.15) is 36.2 Å². The molecule has 1 aromatic carbocycles. The number of nitrogens with one attached hydrogen (secondary N) is 2. The molecule has 1 fully saturated rings. The Morgan fingerprint density at radius 3 is 2.89 bits per heavy atom. The number of aromatic amines is 1. The average Bonchev–Trinajstić information content (AvgIpc) is 2.84. The van der Waals surface area contributed by atoms with Gasteiger partial charge in [0.2, 0.25) is 0 Å². The number of aromatic nitrogens is 1. The summed E-state index contributed by atoms with van der Waals surface area (Å²) in [5.41, 5.74) is 1.66. The van der Waals surface area contributed by atoms with E-state index < -0.39 is 0 Å². The predicted octanol–water partition coefficient (Wildman–Crippen LogP) is 3.04. The maximum Gasteiger partial charge on any atom is 0.265 e. The van der Waals surface area contributed by atoms with Crippen LogP contribution in [0, 0.1) is 6.42 Å². The first-order chi connectivity index (χ1) is 8.83. The summed E-state index contributed by atoms with van der Waals surface area (Å²) < 4.78 is 0. The topological polar surface area (TPSA) is 44.9 Å². The van der Waals surface area contributed by atoms with Crippen molar-refractivity contribution in [3.05, 3.63) is 42.4 Å². The van der Waals surface area contributed by atoms with Crippen LogP contribution in [0.25, 0.3) is 10.9 Å². The summed E-state index contributed by atoms with van der Waals surface area (Å²) in [4.78, 5) is 15.3. The number of amides is 1. The zero-order chi connectivity index (χ0) is 12.4. The number of rotatable bonds is 2. The summed E-state index contributed by atoms with van der Waals surface area (Å²) in [6.07, 6.45) is 6.83. The van der Waals surface area contributed by atoms with Gasteiger partial charge in [-0.05, 0) is 12.1 Å². The van der Waals surface area contributed by atoms with Gasteiger partial charge in [-0.2, -0.15) is 6.42 Å². The maximum absolute atomic E-state index is 12.1. The number of carbonyl (C=O) groups is 1. The summed E-state index contributed by atoms with van der Waals surface area (Å²) in [5.74, 6) is -0.00523. The molecule has 1 saturated carbocycles. The fourth-order valence-corrected chi connectivity index (χ4v) is 2.52. The van der Waals surface area contributed by atoms with Crippen molar-refractivity contribution in [3.8, 4) is 0 Å². The minimum absolute atomic E-state index is 0. The first-order valence-electron chi connectivity index (χ1n) is 6.55. The number of hydrogen-bond donors (Lipinski definition) is 2. The number of hydrogen-bond acceptors (Lipinski definition) is 1. The van der Waals surface area contributed by atoms with Crippen LogP contribution in [0.5, 0.6) is 0 Å². The van der Waals surface area contributed by atoms with E-state index in [1.54, 1.807) is 0 Å². The molecule has 3 nitrogen and oxygen atoms in total. The molecule has 2 N–H and O–H groups in total. The van der Waals surface area contributed by atoms with Crippen LogP contribution in [0.3, 0.4) is 0 Å². The zero-order valence-corrected chi connectivity index (χ0v) is 13.7. The van der Waals surface area contributed by atoms with E-state index in [1.165, 1.54) is 12.8 Å². The molecule has 1 heterocycles. The van der Waals surface area contributed by atoms with Crippen molar-refractivity contribution in [3.63, 3.8) is 0 Å². The Hall–Kier alpha value is -0.666. The average molecular weight is 330 g/mol. The number of para-hydroxylation sites is 1. The van der Waals surface area contributed by atoms with Gasteiger partial charge in [-0.3, -0.25) is 4.79 Å². The number of benzene rings is 1. The van der Waals surface area contributed by atoms with E-state index in [9.17, 15) is 4.79 Å². The normalized spacial score (nSPS) is 18.8. The first-order valence-corrected chi connectivity index (χ1v) is 6.55. The molecule has 2 aromatic rings. The summed E-state index contributed by atoms with van der Waals surface area (Å²) in [5, 5.41) is 4.15. The SMILES string of the molecule is O=C(NC1[CH-]CCCC1)c1cc2ccccc2[nH]1.[Y]. The number of carbonyl (C=O) groups excluding carboxylic acids is 1. The molecule has 1 amide bonds. The van der Waals surface area contributed by atoms with Crippen molar-refractivity contribution in [2.24, 2.45) is 0 Å². The van der Waals surface area contributed by atoms with Gasteiger partial charge in [0.1, 0.15) is 5.69 Å². The number of H-pyrrole nitrogens is 1. The molecule has 1 atom stereocenters. The van der Waals surface area contributed by atoms with Gasteiger partial charge in [0.15, 0.2) is 0 Å². The van der Waals surface area contributed by atoms with Crippen molar-refractivity contribution in [2.45, 2.75) is 31.7 Å². The minimum atomic E-state index is -0.00523. The van der Waals surface area contributed by atoms with E-state index in [4.69, 9.17) is 0 Å². The molecule has 1 aromatic heterocycles. The van der Waals surface area contributed by atoms with Crippen LogP contribution in [-0.2, 0) is 32.7 Å². The molecule has 19 heavy (non-hydrogen) atoms. The summed E-state index contributed by atoms with van der Waals surface area (Å²) in [7, 11) is 0. The van der Waals surface area contributed by atoms with Crippen LogP contribution in [0.4, 0.5) is 0 Å². The van der Waals surface area contributed by atoms with Crippen LogP contribution in [0.2, 0.25) is 0 Å². The summed E-state index contributed by atoms with van der Waals surface area (Å²) in [6.45, 7) is 0. The summed E-state index contributed by atoms with van der Waals surface area (Å²) in [6, 6.07) is 10.1. The molecule has 1 radical (unpaired) electrons. The predicted molar refractivity (Wildman–Crippen MR) is 72.3 cm³/mol. The van der Waals surface area contributed by atoms with Crippen LogP contribution < -0.4 is 5.32 Å². The Morgan fingerprint density at radius 2 is 2.16 bits per heavy atom. The Labute approximate surface area is 138 Å². The Kier molecular flexibility index (Phi) is 5.17. The van der Waals surface area contributed by atoms with Crippen molar-refractivity contribution in [1.29, 1.82) is 0 Å². The smallest absolute Gasteiger partial charge is 0.265 e. The van der Waals surface area contributed by atoms with Gasteiger partial charge in [0.05, 0.1) is 0 Å². The fraction of sp³-hybridized carbons (Fsp3) is 0.333. The quantitative estimate of drug-likeness (QED) is 0.817. The third-order valence-corrected chi connectivity index (χ3v) is 3.51. The van der Waals surface area contributed by atoms with E-state index in [2.05, 4.69) is 16.7 Å². The van der Waals surface area contributed by atoms with Crippen LogP contribution in [0.15, 0.2) is 30.3 Å². The van der Waals surface area contributed by atoms with Crippen LogP contribution in [-0.4, -0.2) is 16.9 Å². The molecule has 4 heteroatoms. The van der Waals surface area contributed by atoms with Gasteiger partial charge in [0, 0.05) is 43.6 Å². The standard InChI is InChI=1S/C15H17N2O.Y/c18-15(16-12-7-2-1-3-8-12)14-10-11-6-4-5-9-13(11)17-14;/h4-7,9-10,12,17H,1-3,8H2,(H,16,18);/q-1;. The van der Waals surface area contributed by atoms with E-state index >= 15 is 0 Å². The molecular weight excluding hydrogens is 313 g/mol. The molecule has 0 saturated heterocycles. The molecule has 0 aliphatic heterocycles. The summed E-state index contributed by atoms with van der Waals surface area (Å²) >= 11 is 0. The second kappa shape index (κ2) is 6.67. The van der Waals surface area contributed by atoms with Gasteiger partial charge in [-0.15, -0.1) is 0 Å². The van der Waals surface area contributed by atoms with Gasteiger partial charge in [-0.25, -0.2) is 0 Å². The van der Waals surface area contributed by atoms with E-state index in [0.717, 1.165) is 23.7 Å². The van der Waals surface area contributed by atoms with E-state index in [0.29, 0.717) is 5.69 Å². The Balaban J connectivity index is 0.00000133. The molecule has 0 bridgehead atoms.